The predicted octanol–water partition coefficient (Wildman–Crippen LogP) is 4.91. The van der Waals surface area contributed by atoms with Crippen molar-refractivity contribution in [2.24, 2.45) is 0 Å². The minimum Gasteiger partial charge on any atom is -0.461 e. The molecule has 44 heavy (non-hydrogen) atoms. The maximum atomic E-state index is 14.2. The molecule has 1 spiro atoms. The Morgan fingerprint density at radius 1 is 1.02 bits per heavy atom. The molecule has 2 aliphatic heterocycles. The Hall–Kier alpha value is -3.96. The van der Waals surface area contributed by atoms with Gasteiger partial charge in [-0.1, -0.05) is 41.6 Å². The van der Waals surface area contributed by atoms with Crippen LogP contribution in [-0.4, -0.2) is 75.1 Å². The number of hydrogen-bond acceptors (Lipinski definition) is 8. The minimum atomic E-state index is -0.687. The van der Waals surface area contributed by atoms with Gasteiger partial charge in [-0.15, -0.1) is 5.10 Å². The summed E-state index contributed by atoms with van der Waals surface area (Å²) in [6, 6.07) is 19.2. The first-order chi connectivity index (χ1) is 21.4. The van der Waals surface area contributed by atoms with E-state index in [2.05, 4.69) is 69.1 Å². The molecule has 2 saturated heterocycles. The number of hydrogen-bond donors (Lipinski definition) is 1. The first-order valence-electron chi connectivity index (χ1n) is 15.1. The number of anilines is 1. The van der Waals surface area contributed by atoms with Gasteiger partial charge in [-0.25, -0.2) is 9.18 Å². The van der Waals surface area contributed by atoms with Gasteiger partial charge in [-0.3, -0.25) is 14.4 Å². The van der Waals surface area contributed by atoms with Crippen molar-refractivity contribution in [1.82, 2.24) is 24.8 Å². The fourth-order valence-corrected chi connectivity index (χ4v) is 6.87. The van der Waals surface area contributed by atoms with E-state index >= 15 is 0 Å². The van der Waals surface area contributed by atoms with Gasteiger partial charge in [-0.2, -0.15) is 12.6 Å². The quantitative estimate of drug-likeness (QED) is 0.200. The highest BCUT2D eigenvalue weighted by atomic mass is 32.1. The van der Waals surface area contributed by atoms with Crippen LogP contribution in [-0.2, 0) is 28.4 Å². The first-order valence-corrected chi connectivity index (χ1v) is 15.8. The number of ether oxygens (including phenoxy) is 1. The van der Waals surface area contributed by atoms with E-state index in [-0.39, 0.29) is 24.0 Å². The predicted molar refractivity (Wildman–Crippen MR) is 170 cm³/mol. The SMILES string of the molecule is CCOC(=O)c1cn(CCCN2CN(c3ccc(F)cc3)C3(CCN(Cc4cccc5cccc(CS)c45)CC3)C2=O)nn1. The molecule has 3 aromatic carbocycles. The fraction of sp³-hybridized carbons (Fsp3) is 0.394. The molecule has 6 rings (SSSR count). The van der Waals surface area contributed by atoms with Crippen molar-refractivity contribution in [3.05, 3.63) is 89.5 Å². The third-order valence-corrected chi connectivity index (χ3v) is 9.16. The Bertz CT molecular complexity index is 1630. The van der Waals surface area contributed by atoms with Gasteiger partial charge in [-0.05, 0) is 72.4 Å². The molecule has 0 unspecified atom stereocenters. The van der Waals surface area contributed by atoms with Crippen LogP contribution in [0.2, 0.25) is 0 Å². The molecule has 9 nitrogen and oxygen atoms in total. The Morgan fingerprint density at radius 3 is 2.45 bits per heavy atom. The Labute approximate surface area is 262 Å². The standard InChI is InChI=1S/C33H37FN6O3S/c1-2-43-31(41)29-21-39(36-35-29)17-5-16-38-23-40(28-12-10-27(34)11-13-28)33(32(38)42)14-18-37(19-15-33)20-25-8-3-6-24-7-4-9-26(22-44)30(24)25/h3-4,6-13,21,44H,2,5,14-20,22-23H2,1H3. The van der Waals surface area contributed by atoms with Gasteiger partial charge in [0.15, 0.2) is 5.69 Å². The zero-order valence-electron chi connectivity index (χ0n) is 24.9. The van der Waals surface area contributed by atoms with Crippen LogP contribution in [0.15, 0.2) is 66.9 Å². The van der Waals surface area contributed by atoms with E-state index < -0.39 is 11.5 Å². The lowest BCUT2D eigenvalue weighted by atomic mass is 9.85. The van der Waals surface area contributed by atoms with E-state index in [1.165, 1.54) is 34.0 Å². The lowest BCUT2D eigenvalue weighted by molar-refractivity contribution is -0.133. The number of aryl methyl sites for hydroxylation is 1. The van der Waals surface area contributed by atoms with Crippen LogP contribution in [0.4, 0.5) is 10.1 Å². The van der Waals surface area contributed by atoms with Gasteiger partial charge in [0.25, 0.3) is 0 Å². The number of esters is 1. The highest BCUT2D eigenvalue weighted by Crippen LogP contribution is 2.40. The summed E-state index contributed by atoms with van der Waals surface area (Å²) in [5.74, 6) is -0.0162. The van der Waals surface area contributed by atoms with E-state index in [0.717, 1.165) is 25.3 Å². The highest BCUT2D eigenvalue weighted by Gasteiger charge is 2.53. The van der Waals surface area contributed by atoms with Crippen LogP contribution in [0.5, 0.6) is 0 Å². The maximum absolute atomic E-state index is 14.2. The summed E-state index contributed by atoms with van der Waals surface area (Å²) in [5, 5.41) is 10.4. The Morgan fingerprint density at radius 2 is 1.75 bits per heavy atom. The number of fused-ring (bicyclic) bond motifs is 1. The van der Waals surface area contributed by atoms with Crippen molar-refractivity contribution >= 4 is 41.0 Å². The summed E-state index contributed by atoms with van der Waals surface area (Å²) in [6.45, 7) is 5.83. The molecular weight excluding hydrogens is 579 g/mol. The molecule has 0 aliphatic carbocycles. The van der Waals surface area contributed by atoms with E-state index in [1.54, 1.807) is 29.9 Å². The molecule has 3 heterocycles. The number of likely N-dealkylation sites (tertiary alicyclic amines) is 1. The molecule has 2 fully saturated rings. The normalized spacial score (nSPS) is 16.8. The smallest absolute Gasteiger partial charge is 0.360 e. The number of halogens is 1. The number of aromatic nitrogens is 3. The third kappa shape index (κ3) is 5.90. The molecule has 230 valence electrons. The van der Waals surface area contributed by atoms with Gasteiger partial charge in [0.05, 0.1) is 19.5 Å². The molecule has 0 N–H and O–H groups in total. The van der Waals surface area contributed by atoms with Gasteiger partial charge >= 0.3 is 5.97 Å². The van der Waals surface area contributed by atoms with Gasteiger partial charge in [0.2, 0.25) is 5.91 Å². The largest absolute Gasteiger partial charge is 0.461 e. The first kappa shape index (κ1) is 30.1. The monoisotopic (exact) mass is 616 g/mol. The summed E-state index contributed by atoms with van der Waals surface area (Å²) in [7, 11) is 0. The van der Waals surface area contributed by atoms with E-state index in [9.17, 15) is 14.0 Å². The second-order valence-electron chi connectivity index (χ2n) is 11.5. The van der Waals surface area contributed by atoms with Gasteiger partial charge < -0.3 is 14.5 Å². The fourth-order valence-electron chi connectivity index (χ4n) is 6.60. The van der Waals surface area contributed by atoms with Gasteiger partial charge in [0, 0.05) is 44.2 Å². The second-order valence-corrected chi connectivity index (χ2v) is 11.8. The number of carbonyl (C=O) groups excluding carboxylic acids is 2. The molecule has 0 atom stereocenters. The average molecular weight is 617 g/mol. The summed E-state index contributed by atoms with van der Waals surface area (Å²) in [6.07, 6.45) is 3.57. The number of carbonyl (C=O) groups is 2. The summed E-state index contributed by atoms with van der Waals surface area (Å²) in [4.78, 5) is 32.6. The molecule has 2 aliphatic rings. The van der Waals surface area contributed by atoms with E-state index in [0.29, 0.717) is 44.8 Å². The zero-order valence-corrected chi connectivity index (χ0v) is 25.8. The molecule has 1 amide bonds. The number of rotatable bonds is 10. The summed E-state index contributed by atoms with van der Waals surface area (Å²) >= 11 is 4.57. The van der Waals surface area contributed by atoms with Crippen molar-refractivity contribution in [2.75, 3.05) is 37.8 Å². The van der Waals surface area contributed by atoms with Crippen LogP contribution >= 0.6 is 12.6 Å². The number of benzene rings is 3. The molecular formula is C33H37FN6O3S. The van der Waals surface area contributed by atoms with Crippen molar-refractivity contribution in [1.29, 1.82) is 0 Å². The lowest BCUT2D eigenvalue weighted by Crippen LogP contribution is -2.56. The Kier molecular flexibility index (Phi) is 8.86. The molecule has 0 saturated carbocycles. The van der Waals surface area contributed by atoms with Crippen molar-refractivity contribution in [3.8, 4) is 0 Å². The summed E-state index contributed by atoms with van der Waals surface area (Å²) in [5.41, 5.74) is 2.83. The van der Waals surface area contributed by atoms with Crippen molar-refractivity contribution in [3.63, 3.8) is 0 Å². The highest BCUT2D eigenvalue weighted by molar-refractivity contribution is 7.79. The molecule has 0 radical (unpaired) electrons. The van der Waals surface area contributed by atoms with Crippen LogP contribution in [0.25, 0.3) is 10.8 Å². The van der Waals surface area contributed by atoms with Crippen molar-refractivity contribution < 1.29 is 18.7 Å². The van der Waals surface area contributed by atoms with Crippen LogP contribution < -0.4 is 4.90 Å². The average Bonchev–Trinajstić information content (AvgIpc) is 3.62. The molecule has 1 aromatic heterocycles. The van der Waals surface area contributed by atoms with Gasteiger partial charge in [0.1, 0.15) is 11.4 Å². The number of piperidine rings is 1. The topological polar surface area (TPSA) is 83.8 Å². The van der Waals surface area contributed by atoms with E-state index in [1.807, 2.05) is 4.90 Å². The molecule has 0 bridgehead atoms. The van der Waals surface area contributed by atoms with Crippen LogP contribution in [0.1, 0.15) is 47.8 Å². The second kappa shape index (κ2) is 13.0. The maximum Gasteiger partial charge on any atom is 0.360 e. The van der Waals surface area contributed by atoms with Crippen LogP contribution in [0, 0.1) is 5.82 Å². The van der Waals surface area contributed by atoms with Crippen LogP contribution in [0.3, 0.4) is 0 Å². The summed E-state index contributed by atoms with van der Waals surface area (Å²) < 4.78 is 20.5. The molecule has 4 aromatic rings. The van der Waals surface area contributed by atoms with Crippen molar-refractivity contribution in [2.45, 2.75) is 50.6 Å². The Balaban J connectivity index is 1.16. The minimum absolute atomic E-state index is 0.106. The zero-order chi connectivity index (χ0) is 30.7. The lowest BCUT2D eigenvalue weighted by Gasteiger charge is -2.43. The van der Waals surface area contributed by atoms with E-state index in [4.69, 9.17) is 4.74 Å². The molecule has 11 heteroatoms. The third-order valence-electron chi connectivity index (χ3n) is 8.82. The number of thiol groups is 1. The number of amides is 1. The number of nitrogens with zero attached hydrogens (tertiary/aromatic N) is 6.